The number of carboxylic acid groups (broad SMARTS) is 1. The molecule has 0 saturated carbocycles. The molecule has 0 spiro atoms. The van der Waals surface area contributed by atoms with Gasteiger partial charge in [-0.3, -0.25) is 9.36 Å². The van der Waals surface area contributed by atoms with E-state index < -0.39 is 11.5 Å². The Bertz CT molecular complexity index is 677. The highest BCUT2D eigenvalue weighted by molar-refractivity contribution is 7.13. The van der Waals surface area contributed by atoms with Crippen LogP contribution in [0.15, 0.2) is 17.1 Å². The molecule has 2 aromatic rings. The fraction of sp³-hybridized carbons (Fsp3) is 0.273. The number of nitrogens with zero attached hydrogens (tertiary/aromatic N) is 3. The fourth-order valence-electron chi connectivity index (χ4n) is 1.56. The van der Waals surface area contributed by atoms with Gasteiger partial charge in [0.1, 0.15) is 17.2 Å². The molecule has 0 fully saturated rings. The van der Waals surface area contributed by atoms with Gasteiger partial charge in [0.25, 0.3) is 5.56 Å². The van der Waals surface area contributed by atoms with Gasteiger partial charge in [-0.1, -0.05) is 11.3 Å². The van der Waals surface area contributed by atoms with Gasteiger partial charge in [-0.25, -0.2) is 4.79 Å². The van der Waals surface area contributed by atoms with Crippen LogP contribution in [0.25, 0.3) is 5.13 Å². The van der Waals surface area contributed by atoms with Crippen LogP contribution in [0, 0.1) is 6.92 Å². The summed E-state index contributed by atoms with van der Waals surface area (Å²) in [6, 6.07) is 1.56. The van der Waals surface area contributed by atoms with Gasteiger partial charge in [0.15, 0.2) is 0 Å². The highest BCUT2D eigenvalue weighted by atomic mass is 32.1. The maximum Gasteiger partial charge on any atom is 0.341 e. The Hall–Kier alpha value is -2.06. The molecule has 2 aromatic heterocycles. The molecule has 0 unspecified atom stereocenters. The number of hydrogen-bond acceptors (Lipinski definition) is 6. The van der Waals surface area contributed by atoms with Gasteiger partial charge in [0.05, 0.1) is 0 Å². The zero-order chi connectivity index (χ0) is 14.0. The first-order valence-electron chi connectivity index (χ1n) is 5.32. The van der Waals surface area contributed by atoms with Crippen LogP contribution in [0.5, 0.6) is 0 Å². The van der Waals surface area contributed by atoms with Crippen LogP contribution >= 0.6 is 11.3 Å². The second-order valence-corrected chi connectivity index (χ2v) is 4.81. The number of aromatic nitrogens is 3. The summed E-state index contributed by atoms with van der Waals surface area (Å²) in [6.45, 7) is 1.87. The molecule has 0 radical (unpaired) electrons. The first kappa shape index (κ1) is 13.4. The number of rotatable bonds is 4. The van der Waals surface area contributed by atoms with Crippen molar-refractivity contribution in [1.29, 1.82) is 0 Å². The first-order chi connectivity index (χ1) is 9.04. The predicted octanol–water partition coefficient (Wildman–Crippen LogP) is 0.842. The molecule has 2 rings (SSSR count). The lowest BCUT2D eigenvalue weighted by Crippen LogP contribution is -2.25. The third kappa shape index (κ3) is 2.54. The van der Waals surface area contributed by atoms with Crippen molar-refractivity contribution >= 4 is 17.3 Å². The van der Waals surface area contributed by atoms with Gasteiger partial charge in [-0.2, -0.15) is 0 Å². The lowest BCUT2D eigenvalue weighted by Gasteiger charge is -2.04. The maximum absolute atomic E-state index is 12.1. The van der Waals surface area contributed by atoms with Crippen molar-refractivity contribution in [2.24, 2.45) is 0 Å². The molecule has 2 heterocycles. The second kappa shape index (κ2) is 5.29. The molecule has 0 aliphatic carbocycles. The van der Waals surface area contributed by atoms with E-state index in [2.05, 4.69) is 10.2 Å². The highest BCUT2D eigenvalue weighted by Crippen LogP contribution is 2.14. The van der Waals surface area contributed by atoms with Crippen molar-refractivity contribution < 1.29 is 14.6 Å². The quantitative estimate of drug-likeness (QED) is 0.892. The van der Waals surface area contributed by atoms with E-state index in [-0.39, 0.29) is 5.56 Å². The molecule has 100 valence electrons. The Morgan fingerprint density at radius 2 is 2.26 bits per heavy atom. The summed E-state index contributed by atoms with van der Waals surface area (Å²) in [6.07, 6.45) is 1.49. The molecular formula is C11H11N3O4S. The van der Waals surface area contributed by atoms with Gasteiger partial charge in [0, 0.05) is 13.3 Å². The Morgan fingerprint density at radius 1 is 1.53 bits per heavy atom. The minimum Gasteiger partial charge on any atom is -0.477 e. The third-order valence-corrected chi connectivity index (χ3v) is 3.34. The summed E-state index contributed by atoms with van der Waals surface area (Å²) in [4.78, 5) is 23.2. The van der Waals surface area contributed by atoms with Gasteiger partial charge < -0.3 is 9.84 Å². The van der Waals surface area contributed by atoms with Crippen molar-refractivity contribution in [1.82, 2.24) is 14.8 Å². The van der Waals surface area contributed by atoms with Crippen LogP contribution in [-0.2, 0) is 11.3 Å². The topological polar surface area (TPSA) is 94.3 Å². The summed E-state index contributed by atoms with van der Waals surface area (Å²) in [5, 5.41) is 17.7. The number of pyridine rings is 1. The molecule has 0 aliphatic heterocycles. The molecule has 1 N–H and O–H groups in total. The SMILES string of the molecule is COCc1nnc(-n2ccc(C)c(C(=O)O)c2=O)s1. The minimum absolute atomic E-state index is 0.258. The van der Waals surface area contributed by atoms with Crippen molar-refractivity contribution in [3.05, 3.63) is 38.8 Å². The van der Waals surface area contributed by atoms with Crippen LogP contribution in [0.2, 0.25) is 0 Å². The Kier molecular flexibility index (Phi) is 3.72. The van der Waals surface area contributed by atoms with E-state index in [9.17, 15) is 9.59 Å². The maximum atomic E-state index is 12.1. The number of methoxy groups -OCH3 is 1. The van der Waals surface area contributed by atoms with Gasteiger partial charge >= 0.3 is 5.97 Å². The van der Waals surface area contributed by atoms with Crippen molar-refractivity contribution in [2.45, 2.75) is 13.5 Å². The van der Waals surface area contributed by atoms with E-state index >= 15 is 0 Å². The van der Waals surface area contributed by atoms with Crippen LogP contribution < -0.4 is 5.56 Å². The largest absolute Gasteiger partial charge is 0.477 e. The van der Waals surface area contributed by atoms with Crippen LogP contribution in [0.4, 0.5) is 0 Å². The van der Waals surface area contributed by atoms with E-state index in [1.54, 1.807) is 13.0 Å². The fourth-order valence-corrected chi connectivity index (χ4v) is 2.35. The smallest absolute Gasteiger partial charge is 0.341 e. The number of aryl methyl sites for hydroxylation is 1. The Balaban J connectivity index is 2.53. The lowest BCUT2D eigenvalue weighted by atomic mass is 10.1. The highest BCUT2D eigenvalue weighted by Gasteiger charge is 2.17. The molecular weight excluding hydrogens is 270 g/mol. The molecule has 0 amide bonds. The average Bonchev–Trinajstić information content (AvgIpc) is 2.77. The number of carboxylic acids is 1. The average molecular weight is 281 g/mol. The minimum atomic E-state index is -1.25. The Labute approximate surface area is 112 Å². The molecule has 0 aliphatic rings. The van der Waals surface area contributed by atoms with Gasteiger partial charge in [0.2, 0.25) is 5.13 Å². The molecule has 19 heavy (non-hydrogen) atoms. The lowest BCUT2D eigenvalue weighted by molar-refractivity contribution is 0.0694. The van der Waals surface area contributed by atoms with Crippen molar-refractivity contribution in [3.8, 4) is 5.13 Å². The number of hydrogen-bond donors (Lipinski definition) is 1. The van der Waals surface area contributed by atoms with E-state index in [0.29, 0.717) is 22.3 Å². The van der Waals surface area contributed by atoms with Crippen LogP contribution in [0.3, 0.4) is 0 Å². The van der Waals surface area contributed by atoms with Gasteiger partial charge in [-0.15, -0.1) is 10.2 Å². The van der Waals surface area contributed by atoms with E-state index in [1.165, 1.54) is 29.2 Å². The molecule has 0 atom stereocenters. The third-order valence-electron chi connectivity index (χ3n) is 2.44. The summed E-state index contributed by atoms with van der Waals surface area (Å²) in [7, 11) is 1.53. The number of carbonyl (C=O) groups is 1. The van der Waals surface area contributed by atoms with Crippen molar-refractivity contribution in [3.63, 3.8) is 0 Å². The summed E-state index contributed by atoms with van der Waals surface area (Å²) in [5.41, 5.74) is -0.464. The number of aromatic carboxylic acids is 1. The summed E-state index contributed by atoms with van der Waals surface area (Å²) in [5.74, 6) is -1.25. The van der Waals surface area contributed by atoms with E-state index in [4.69, 9.17) is 9.84 Å². The van der Waals surface area contributed by atoms with E-state index in [1.807, 2.05) is 0 Å². The molecule has 0 aromatic carbocycles. The van der Waals surface area contributed by atoms with Crippen LogP contribution in [0.1, 0.15) is 20.9 Å². The zero-order valence-electron chi connectivity index (χ0n) is 10.3. The second-order valence-electron chi connectivity index (χ2n) is 3.77. The standard InChI is InChI=1S/C11H11N3O4S/c1-6-3-4-14(9(15)8(6)10(16)17)11-13-12-7(19-11)5-18-2/h3-4H,5H2,1-2H3,(H,16,17). The molecule has 8 heteroatoms. The molecule has 0 saturated heterocycles. The molecule has 7 nitrogen and oxygen atoms in total. The predicted molar refractivity (Wildman–Crippen MR) is 67.9 cm³/mol. The van der Waals surface area contributed by atoms with E-state index in [0.717, 1.165) is 0 Å². The Morgan fingerprint density at radius 3 is 2.89 bits per heavy atom. The molecule has 0 bridgehead atoms. The van der Waals surface area contributed by atoms with Gasteiger partial charge in [-0.05, 0) is 18.6 Å². The zero-order valence-corrected chi connectivity index (χ0v) is 11.1. The number of ether oxygens (including phenoxy) is 1. The summed E-state index contributed by atoms with van der Waals surface area (Å²) < 4.78 is 6.09. The first-order valence-corrected chi connectivity index (χ1v) is 6.13. The van der Waals surface area contributed by atoms with Crippen molar-refractivity contribution in [2.75, 3.05) is 7.11 Å². The summed E-state index contributed by atoms with van der Waals surface area (Å²) >= 11 is 1.17. The van der Waals surface area contributed by atoms with Crippen LogP contribution in [-0.4, -0.2) is 33.0 Å². The normalized spacial score (nSPS) is 10.6. The monoisotopic (exact) mass is 281 g/mol.